The zero-order valence-corrected chi connectivity index (χ0v) is 15.1. The second kappa shape index (κ2) is 5.76. The standard InChI is InChI=1S/C19H19Cl2NO2/c1-17(2)18(20,21)16(23)22(13-14-9-5-3-6-10-14)19(17,24)15-11-7-4-8-12-15/h3-12,24H,13H2,1-2H3. The summed E-state index contributed by atoms with van der Waals surface area (Å²) in [5, 5.41) is 11.7. The first-order valence-electron chi connectivity index (χ1n) is 7.74. The highest BCUT2D eigenvalue weighted by atomic mass is 35.5. The van der Waals surface area contributed by atoms with Gasteiger partial charge in [-0.1, -0.05) is 97.7 Å². The Morgan fingerprint density at radius 1 is 0.958 bits per heavy atom. The topological polar surface area (TPSA) is 40.5 Å². The summed E-state index contributed by atoms with van der Waals surface area (Å²) in [6, 6.07) is 18.5. The number of likely N-dealkylation sites (tertiary alicyclic amines) is 1. The molecular weight excluding hydrogens is 345 g/mol. The van der Waals surface area contributed by atoms with Crippen molar-refractivity contribution in [1.82, 2.24) is 4.90 Å². The van der Waals surface area contributed by atoms with E-state index in [4.69, 9.17) is 23.2 Å². The van der Waals surface area contributed by atoms with Gasteiger partial charge in [0.15, 0.2) is 5.72 Å². The van der Waals surface area contributed by atoms with Crippen molar-refractivity contribution < 1.29 is 9.90 Å². The summed E-state index contributed by atoms with van der Waals surface area (Å²) >= 11 is 12.8. The van der Waals surface area contributed by atoms with Gasteiger partial charge in [0.2, 0.25) is 4.33 Å². The van der Waals surface area contributed by atoms with E-state index in [1.54, 1.807) is 26.0 Å². The summed E-state index contributed by atoms with van der Waals surface area (Å²) in [6.45, 7) is 3.64. The molecule has 0 saturated carbocycles. The lowest BCUT2D eigenvalue weighted by molar-refractivity contribution is -0.169. The molecule has 0 spiro atoms. The maximum Gasteiger partial charge on any atom is 0.262 e. The molecule has 1 fully saturated rings. The first-order valence-corrected chi connectivity index (χ1v) is 8.50. The highest BCUT2D eigenvalue weighted by molar-refractivity contribution is 6.59. The molecule has 24 heavy (non-hydrogen) atoms. The fourth-order valence-electron chi connectivity index (χ4n) is 3.28. The highest BCUT2D eigenvalue weighted by Gasteiger charge is 2.71. The smallest absolute Gasteiger partial charge is 0.262 e. The number of aliphatic hydroxyl groups is 1. The second-order valence-electron chi connectivity index (χ2n) is 6.61. The molecule has 1 atom stereocenters. The van der Waals surface area contributed by atoms with Gasteiger partial charge >= 0.3 is 0 Å². The van der Waals surface area contributed by atoms with Gasteiger partial charge in [-0.15, -0.1) is 0 Å². The number of halogens is 2. The molecule has 1 unspecified atom stereocenters. The van der Waals surface area contributed by atoms with Gasteiger partial charge in [0.25, 0.3) is 5.91 Å². The van der Waals surface area contributed by atoms with Crippen molar-refractivity contribution in [3.63, 3.8) is 0 Å². The number of hydrogen-bond acceptors (Lipinski definition) is 2. The summed E-state index contributed by atoms with van der Waals surface area (Å²) in [7, 11) is 0. The minimum absolute atomic E-state index is 0.218. The predicted molar refractivity (Wildman–Crippen MR) is 95.5 cm³/mol. The molecule has 1 heterocycles. The Balaban J connectivity index is 2.15. The average molecular weight is 364 g/mol. The Kier molecular flexibility index (Phi) is 4.15. The summed E-state index contributed by atoms with van der Waals surface area (Å²) < 4.78 is -1.73. The van der Waals surface area contributed by atoms with Crippen LogP contribution in [0.25, 0.3) is 0 Å². The molecule has 2 aromatic carbocycles. The normalized spacial score (nSPS) is 25.0. The molecule has 126 valence electrons. The van der Waals surface area contributed by atoms with Crippen LogP contribution >= 0.6 is 23.2 Å². The molecule has 3 rings (SSSR count). The minimum atomic E-state index is -1.73. The molecule has 2 aromatic rings. The lowest BCUT2D eigenvalue weighted by Gasteiger charge is -2.43. The van der Waals surface area contributed by atoms with E-state index < -0.39 is 21.4 Å². The Labute approximate surface area is 151 Å². The van der Waals surface area contributed by atoms with Gasteiger partial charge in [-0.3, -0.25) is 4.79 Å². The Hall–Kier alpha value is -1.55. The molecule has 0 bridgehead atoms. The number of carbonyl (C=O) groups is 1. The molecule has 3 nitrogen and oxygen atoms in total. The van der Waals surface area contributed by atoms with Crippen LogP contribution in [-0.2, 0) is 17.1 Å². The zero-order valence-electron chi connectivity index (χ0n) is 13.5. The Morgan fingerprint density at radius 3 is 2.00 bits per heavy atom. The molecule has 1 N–H and O–H groups in total. The van der Waals surface area contributed by atoms with E-state index in [9.17, 15) is 9.90 Å². The van der Waals surface area contributed by atoms with E-state index in [2.05, 4.69) is 0 Å². The van der Waals surface area contributed by atoms with Crippen molar-refractivity contribution >= 4 is 29.1 Å². The van der Waals surface area contributed by atoms with Crippen LogP contribution < -0.4 is 0 Å². The van der Waals surface area contributed by atoms with Crippen LogP contribution in [0.2, 0.25) is 0 Å². The Bertz CT molecular complexity index is 746. The van der Waals surface area contributed by atoms with Crippen LogP contribution in [0, 0.1) is 5.41 Å². The number of alkyl halides is 2. The summed E-state index contributed by atoms with van der Waals surface area (Å²) in [6.07, 6.45) is 0. The maximum absolute atomic E-state index is 12.9. The Morgan fingerprint density at radius 2 is 1.46 bits per heavy atom. The highest BCUT2D eigenvalue weighted by Crippen LogP contribution is 2.60. The largest absolute Gasteiger partial charge is 0.366 e. The molecule has 1 amide bonds. The third-order valence-corrected chi connectivity index (χ3v) is 6.19. The molecule has 0 aliphatic carbocycles. The van der Waals surface area contributed by atoms with Gasteiger partial charge in [0, 0.05) is 12.1 Å². The molecule has 1 saturated heterocycles. The van der Waals surface area contributed by atoms with Gasteiger partial charge in [-0.25, -0.2) is 0 Å². The van der Waals surface area contributed by atoms with Crippen molar-refractivity contribution in [2.75, 3.05) is 0 Å². The fourth-order valence-corrected chi connectivity index (χ4v) is 3.75. The number of hydrogen-bond donors (Lipinski definition) is 1. The van der Waals surface area contributed by atoms with Gasteiger partial charge in [0.1, 0.15) is 0 Å². The van der Waals surface area contributed by atoms with Crippen molar-refractivity contribution in [3.05, 3.63) is 71.8 Å². The number of carbonyl (C=O) groups excluding carboxylic acids is 1. The lowest BCUT2D eigenvalue weighted by Crippen LogP contribution is -2.50. The van der Waals surface area contributed by atoms with Crippen LogP contribution in [0.3, 0.4) is 0 Å². The van der Waals surface area contributed by atoms with E-state index in [0.717, 1.165) is 5.56 Å². The first kappa shape index (κ1) is 17.3. The van der Waals surface area contributed by atoms with Crippen molar-refractivity contribution in [1.29, 1.82) is 0 Å². The van der Waals surface area contributed by atoms with Crippen LogP contribution in [0.4, 0.5) is 0 Å². The van der Waals surface area contributed by atoms with Crippen LogP contribution in [0.1, 0.15) is 25.0 Å². The van der Waals surface area contributed by atoms with E-state index >= 15 is 0 Å². The van der Waals surface area contributed by atoms with Crippen molar-refractivity contribution in [2.24, 2.45) is 5.41 Å². The quantitative estimate of drug-likeness (QED) is 0.834. The summed E-state index contributed by atoms with van der Waals surface area (Å²) in [5.41, 5.74) is -1.26. The van der Waals surface area contributed by atoms with E-state index in [0.29, 0.717) is 5.56 Å². The van der Waals surface area contributed by atoms with Crippen LogP contribution in [0.15, 0.2) is 60.7 Å². The number of nitrogens with zero attached hydrogens (tertiary/aromatic N) is 1. The number of rotatable bonds is 3. The van der Waals surface area contributed by atoms with E-state index in [1.807, 2.05) is 48.5 Å². The molecule has 5 heteroatoms. The zero-order chi connectivity index (χ0) is 17.6. The minimum Gasteiger partial charge on any atom is -0.366 e. The molecule has 1 aliphatic heterocycles. The predicted octanol–water partition coefficient (Wildman–Crippen LogP) is 4.07. The fraction of sp³-hybridized carbons (Fsp3) is 0.316. The first-order chi connectivity index (χ1) is 11.2. The van der Waals surface area contributed by atoms with Crippen molar-refractivity contribution in [2.45, 2.75) is 30.5 Å². The second-order valence-corrected chi connectivity index (χ2v) is 7.94. The third kappa shape index (κ3) is 2.26. The van der Waals surface area contributed by atoms with Gasteiger partial charge in [-0.05, 0) is 5.56 Å². The van der Waals surface area contributed by atoms with Crippen molar-refractivity contribution in [3.8, 4) is 0 Å². The molecule has 0 radical (unpaired) electrons. The van der Waals surface area contributed by atoms with Crippen LogP contribution in [-0.4, -0.2) is 20.2 Å². The van der Waals surface area contributed by atoms with Gasteiger partial charge in [-0.2, -0.15) is 0 Å². The number of benzene rings is 2. The average Bonchev–Trinajstić information content (AvgIpc) is 2.68. The van der Waals surface area contributed by atoms with E-state index in [1.165, 1.54) is 4.90 Å². The molecular formula is C19H19Cl2NO2. The monoisotopic (exact) mass is 363 g/mol. The molecule has 1 aliphatic rings. The SMILES string of the molecule is CC1(C)C(Cl)(Cl)C(=O)N(Cc2ccccc2)C1(O)c1ccccc1. The maximum atomic E-state index is 12.9. The summed E-state index contributed by atoms with van der Waals surface area (Å²) in [4.78, 5) is 14.3. The van der Waals surface area contributed by atoms with Gasteiger partial charge < -0.3 is 10.0 Å². The molecule has 0 aromatic heterocycles. The third-order valence-electron chi connectivity index (χ3n) is 4.92. The van der Waals surface area contributed by atoms with Crippen LogP contribution in [0.5, 0.6) is 0 Å². The van der Waals surface area contributed by atoms with Gasteiger partial charge in [0.05, 0.1) is 5.41 Å². The lowest BCUT2D eigenvalue weighted by atomic mass is 9.76. The summed E-state index contributed by atoms with van der Waals surface area (Å²) in [5.74, 6) is -0.494. The number of amides is 1. The van der Waals surface area contributed by atoms with E-state index in [-0.39, 0.29) is 6.54 Å².